The maximum absolute atomic E-state index is 13.6. The number of benzene rings is 1. The van der Waals surface area contributed by atoms with E-state index in [9.17, 15) is 9.18 Å². The van der Waals surface area contributed by atoms with Crippen LogP contribution < -0.4 is 5.32 Å². The summed E-state index contributed by atoms with van der Waals surface area (Å²) in [6.45, 7) is 4.46. The third-order valence-electron chi connectivity index (χ3n) is 2.40. The molecule has 0 bridgehead atoms. The van der Waals surface area contributed by atoms with Crippen molar-refractivity contribution in [3.63, 3.8) is 0 Å². The van der Waals surface area contributed by atoms with E-state index < -0.39 is 0 Å². The molecular weight excluding hydrogens is 299 g/mol. The number of amides is 1. The molecule has 1 rings (SSSR count). The second-order valence-corrected chi connectivity index (χ2v) is 4.74. The van der Waals surface area contributed by atoms with E-state index in [0.717, 1.165) is 4.47 Å². The standard InChI is InChI=1S/C13H16BrFN2O/c1-3-6-17(13(18)8-16-2)9-10-7-11(14)4-5-12(10)15/h3-5,7,16H,1,6,8-9H2,2H3. The molecule has 1 aromatic carbocycles. The van der Waals surface area contributed by atoms with Crippen LogP contribution in [0, 0.1) is 5.82 Å². The van der Waals surface area contributed by atoms with Crippen LogP contribution in [0.2, 0.25) is 0 Å². The zero-order valence-corrected chi connectivity index (χ0v) is 11.8. The van der Waals surface area contributed by atoms with Gasteiger partial charge >= 0.3 is 0 Å². The zero-order valence-electron chi connectivity index (χ0n) is 10.2. The Bertz CT molecular complexity index is 437. The molecule has 0 heterocycles. The van der Waals surface area contributed by atoms with Crippen molar-refractivity contribution in [2.24, 2.45) is 0 Å². The molecule has 1 aromatic rings. The van der Waals surface area contributed by atoms with Gasteiger partial charge < -0.3 is 10.2 Å². The average molecular weight is 315 g/mol. The van der Waals surface area contributed by atoms with Gasteiger partial charge in [-0.1, -0.05) is 22.0 Å². The van der Waals surface area contributed by atoms with Gasteiger partial charge in [0, 0.05) is 23.1 Å². The molecule has 0 radical (unpaired) electrons. The number of likely N-dealkylation sites (N-methyl/N-ethyl adjacent to an activating group) is 1. The van der Waals surface area contributed by atoms with Crippen molar-refractivity contribution in [2.75, 3.05) is 20.1 Å². The Labute approximate surface area is 115 Å². The number of nitrogens with zero attached hydrogens (tertiary/aromatic N) is 1. The Hall–Kier alpha value is -1.20. The fraction of sp³-hybridized carbons (Fsp3) is 0.308. The molecule has 5 heteroatoms. The van der Waals surface area contributed by atoms with E-state index in [4.69, 9.17) is 0 Å². The second-order valence-electron chi connectivity index (χ2n) is 3.83. The Kier molecular flexibility index (Phi) is 6.01. The van der Waals surface area contributed by atoms with Crippen molar-refractivity contribution in [3.8, 4) is 0 Å². The first-order valence-corrected chi connectivity index (χ1v) is 6.35. The molecule has 0 saturated carbocycles. The first kappa shape index (κ1) is 14.9. The second kappa shape index (κ2) is 7.28. The average Bonchev–Trinajstić information content (AvgIpc) is 2.33. The number of rotatable bonds is 6. The molecule has 0 unspecified atom stereocenters. The van der Waals surface area contributed by atoms with Gasteiger partial charge in [-0.3, -0.25) is 4.79 Å². The molecule has 0 atom stereocenters. The Morgan fingerprint density at radius 2 is 2.33 bits per heavy atom. The fourth-order valence-electron chi connectivity index (χ4n) is 1.54. The van der Waals surface area contributed by atoms with E-state index in [1.54, 1.807) is 30.2 Å². The monoisotopic (exact) mass is 314 g/mol. The molecule has 1 amide bonds. The Morgan fingerprint density at radius 3 is 2.94 bits per heavy atom. The molecule has 0 aliphatic heterocycles. The van der Waals surface area contributed by atoms with Gasteiger partial charge in [-0.15, -0.1) is 6.58 Å². The van der Waals surface area contributed by atoms with Gasteiger partial charge in [-0.2, -0.15) is 0 Å². The molecule has 0 aliphatic rings. The highest BCUT2D eigenvalue weighted by Gasteiger charge is 2.14. The van der Waals surface area contributed by atoms with E-state index in [1.807, 2.05) is 0 Å². The van der Waals surface area contributed by atoms with Crippen molar-refractivity contribution in [2.45, 2.75) is 6.54 Å². The van der Waals surface area contributed by atoms with Gasteiger partial charge in [0.05, 0.1) is 6.54 Å². The normalized spacial score (nSPS) is 10.2. The van der Waals surface area contributed by atoms with Crippen LogP contribution in [0.4, 0.5) is 4.39 Å². The number of hydrogen-bond donors (Lipinski definition) is 1. The topological polar surface area (TPSA) is 32.3 Å². The summed E-state index contributed by atoms with van der Waals surface area (Å²) in [4.78, 5) is 13.4. The highest BCUT2D eigenvalue weighted by atomic mass is 79.9. The molecule has 98 valence electrons. The first-order chi connectivity index (χ1) is 8.58. The van der Waals surface area contributed by atoms with Crippen molar-refractivity contribution in [1.29, 1.82) is 0 Å². The van der Waals surface area contributed by atoms with E-state index >= 15 is 0 Å². The molecule has 0 aromatic heterocycles. The third-order valence-corrected chi connectivity index (χ3v) is 2.89. The summed E-state index contributed by atoms with van der Waals surface area (Å²) in [6, 6.07) is 4.69. The molecule has 0 aliphatic carbocycles. The highest BCUT2D eigenvalue weighted by molar-refractivity contribution is 9.10. The summed E-state index contributed by atoms with van der Waals surface area (Å²) >= 11 is 3.29. The van der Waals surface area contributed by atoms with Gasteiger partial charge in [0.2, 0.25) is 5.91 Å². The lowest BCUT2D eigenvalue weighted by Gasteiger charge is -2.21. The summed E-state index contributed by atoms with van der Waals surface area (Å²) in [5.74, 6) is -0.402. The number of carbonyl (C=O) groups excluding carboxylic acids is 1. The van der Waals surface area contributed by atoms with Gasteiger partial charge in [-0.05, 0) is 25.2 Å². The van der Waals surface area contributed by atoms with Crippen LogP contribution in [-0.4, -0.2) is 30.9 Å². The summed E-state index contributed by atoms with van der Waals surface area (Å²) < 4.78 is 14.4. The van der Waals surface area contributed by atoms with Crippen LogP contribution in [0.3, 0.4) is 0 Å². The van der Waals surface area contributed by atoms with E-state index in [2.05, 4.69) is 27.8 Å². The van der Waals surface area contributed by atoms with E-state index in [1.165, 1.54) is 6.07 Å². The predicted molar refractivity (Wildman–Crippen MR) is 73.6 cm³/mol. The summed E-state index contributed by atoms with van der Waals surface area (Å²) in [7, 11) is 1.70. The Balaban J connectivity index is 2.85. The number of nitrogens with one attached hydrogen (secondary N) is 1. The minimum absolute atomic E-state index is 0.0863. The van der Waals surface area contributed by atoms with Crippen LogP contribution in [-0.2, 0) is 11.3 Å². The van der Waals surface area contributed by atoms with Crippen molar-refractivity contribution < 1.29 is 9.18 Å². The first-order valence-electron chi connectivity index (χ1n) is 5.55. The zero-order chi connectivity index (χ0) is 13.5. The highest BCUT2D eigenvalue weighted by Crippen LogP contribution is 2.17. The number of halogens is 2. The van der Waals surface area contributed by atoms with Gasteiger partial charge in [0.1, 0.15) is 5.82 Å². The molecule has 0 spiro atoms. The van der Waals surface area contributed by atoms with Crippen LogP contribution in [0.1, 0.15) is 5.56 Å². The summed E-state index contributed by atoms with van der Waals surface area (Å²) in [5.41, 5.74) is 0.482. The number of hydrogen-bond acceptors (Lipinski definition) is 2. The van der Waals surface area contributed by atoms with E-state index in [-0.39, 0.29) is 24.8 Å². The smallest absolute Gasteiger partial charge is 0.237 e. The molecule has 3 nitrogen and oxygen atoms in total. The maximum atomic E-state index is 13.6. The maximum Gasteiger partial charge on any atom is 0.237 e. The molecule has 18 heavy (non-hydrogen) atoms. The number of carbonyl (C=O) groups is 1. The predicted octanol–water partition coefficient (Wildman–Crippen LogP) is 2.32. The Morgan fingerprint density at radius 1 is 1.61 bits per heavy atom. The summed E-state index contributed by atoms with van der Waals surface area (Å²) in [6.07, 6.45) is 1.63. The minimum atomic E-state index is -0.315. The largest absolute Gasteiger partial charge is 0.333 e. The van der Waals surface area contributed by atoms with Crippen LogP contribution in [0.25, 0.3) is 0 Å². The van der Waals surface area contributed by atoms with Crippen LogP contribution >= 0.6 is 15.9 Å². The minimum Gasteiger partial charge on any atom is -0.333 e. The molecule has 1 N–H and O–H groups in total. The quantitative estimate of drug-likeness (QED) is 0.817. The fourth-order valence-corrected chi connectivity index (χ4v) is 1.95. The van der Waals surface area contributed by atoms with Crippen LogP contribution in [0.5, 0.6) is 0 Å². The van der Waals surface area contributed by atoms with Gasteiger partial charge in [0.25, 0.3) is 0 Å². The molecular formula is C13H16BrFN2O. The molecule has 0 fully saturated rings. The molecule has 0 saturated heterocycles. The van der Waals surface area contributed by atoms with Gasteiger partial charge in [-0.25, -0.2) is 4.39 Å². The van der Waals surface area contributed by atoms with E-state index in [0.29, 0.717) is 12.1 Å². The lowest BCUT2D eigenvalue weighted by Crippen LogP contribution is -2.37. The summed E-state index contributed by atoms with van der Waals surface area (Å²) in [5, 5.41) is 2.79. The lowest BCUT2D eigenvalue weighted by molar-refractivity contribution is -0.130. The van der Waals surface area contributed by atoms with Crippen molar-refractivity contribution in [1.82, 2.24) is 10.2 Å². The van der Waals surface area contributed by atoms with Crippen molar-refractivity contribution >= 4 is 21.8 Å². The van der Waals surface area contributed by atoms with Crippen LogP contribution in [0.15, 0.2) is 35.3 Å². The SMILES string of the molecule is C=CCN(Cc1cc(Br)ccc1F)C(=O)CNC. The van der Waals surface area contributed by atoms with Gasteiger partial charge in [0.15, 0.2) is 0 Å². The third kappa shape index (κ3) is 4.23. The lowest BCUT2D eigenvalue weighted by atomic mass is 10.2. The van der Waals surface area contributed by atoms with Crippen molar-refractivity contribution in [3.05, 3.63) is 46.7 Å².